The van der Waals surface area contributed by atoms with Crippen molar-refractivity contribution in [1.29, 1.82) is 0 Å². The van der Waals surface area contributed by atoms with Gasteiger partial charge >= 0.3 is 0 Å². The zero-order chi connectivity index (χ0) is 6.97. The summed E-state index contributed by atoms with van der Waals surface area (Å²) < 4.78 is 5.08. The lowest BCUT2D eigenvalue weighted by molar-refractivity contribution is 0.173. The highest BCUT2D eigenvalue weighted by atomic mass is 16.6. The van der Waals surface area contributed by atoms with Gasteiger partial charge in [-0.3, -0.25) is 4.90 Å². The summed E-state index contributed by atoms with van der Waals surface area (Å²) in [4.78, 5) is 2.27. The summed E-state index contributed by atoms with van der Waals surface area (Å²) >= 11 is 0. The predicted molar refractivity (Wildman–Crippen MR) is 36.8 cm³/mol. The van der Waals surface area contributed by atoms with Crippen LogP contribution in [0.5, 0.6) is 0 Å². The summed E-state index contributed by atoms with van der Waals surface area (Å²) in [5.41, 5.74) is 0. The number of aliphatic hydroxyl groups is 1. The minimum Gasteiger partial charge on any atom is -0.392 e. The maximum atomic E-state index is 9.15. The summed E-state index contributed by atoms with van der Waals surface area (Å²) in [5, 5.41) is 9.15. The Bertz CT molecular complexity index is 125. The lowest BCUT2D eigenvalue weighted by atomic mass is 10.3. The molecule has 10 heavy (non-hydrogen) atoms. The average Bonchev–Trinajstić information content (AvgIpc) is 2.59. The first-order chi connectivity index (χ1) is 4.84. The van der Waals surface area contributed by atoms with E-state index in [9.17, 15) is 0 Å². The van der Waals surface area contributed by atoms with Crippen molar-refractivity contribution in [2.45, 2.75) is 18.6 Å². The highest BCUT2D eigenvalue weighted by molar-refractivity contribution is 4.80. The van der Waals surface area contributed by atoms with E-state index >= 15 is 0 Å². The second-order valence-corrected chi connectivity index (χ2v) is 3.16. The molecule has 58 valence electrons. The van der Waals surface area contributed by atoms with Gasteiger partial charge in [0.05, 0.1) is 18.8 Å². The van der Waals surface area contributed by atoms with Crippen molar-refractivity contribution < 1.29 is 9.84 Å². The molecule has 1 N–H and O–H groups in total. The number of ether oxygens (including phenoxy) is 1. The van der Waals surface area contributed by atoms with Crippen molar-refractivity contribution in [2.75, 3.05) is 26.2 Å². The molecule has 0 amide bonds. The Labute approximate surface area is 60.6 Å². The fraction of sp³-hybridized carbons (Fsp3) is 1.00. The predicted octanol–water partition coefficient (Wildman–Crippen LogP) is -0.548. The normalized spacial score (nSPS) is 40.5. The van der Waals surface area contributed by atoms with Gasteiger partial charge in [-0.25, -0.2) is 0 Å². The van der Waals surface area contributed by atoms with Crippen LogP contribution in [0.15, 0.2) is 0 Å². The second-order valence-electron chi connectivity index (χ2n) is 3.16. The van der Waals surface area contributed by atoms with E-state index in [0.29, 0.717) is 6.10 Å². The first-order valence-corrected chi connectivity index (χ1v) is 3.86. The molecule has 0 aromatic heterocycles. The molecule has 0 spiro atoms. The summed E-state index contributed by atoms with van der Waals surface area (Å²) in [6, 6.07) is 0. The lowest BCUT2D eigenvalue weighted by Crippen LogP contribution is -2.26. The van der Waals surface area contributed by atoms with Gasteiger partial charge in [-0.05, 0) is 6.42 Å². The molecule has 2 rings (SSSR count). The van der Waals surface area contributed by atoms with E-state index in [-0.39, 0.29) is 6.10 Å². The van der Waals surface area contributed by atoms with Crippen molar-refractivity contribution in [3.63, 3.8) is 0 Å². The van der Waals surface area contributed by atoms with Crippen LogP contribution in [-0.2, 0) is 4.74 Å². The van der Waals surface area contributed by atoms with Crippen LogP contribution in [0.1, 0.15) is 6.42 Å². The average molecular weight is 143 g/mol. The molecule has 2 unspecified atom stereocenters. The molecule has 0 radical (unpaired) electrons. The van der Waals surface area contributed by atoms with Crippen LogP contribution in [-0.4, -0.2) is 48.5 Å². The van der Waals surface area contributed by atoms with Crippen molar-refractivity contribution in [3.8, 4) is 0 Å². The highest BCUT2D eigenvalue weighted by Crippen LogP contribution is 2.15. The van der Waals surface area contributed by atoms with Gasteiger partial charge in [0.1, 0.15) is 0 Å². The number of epoxide rings is 1. The van der Waals surface area contributed by atoms with Crippen molar-refractivity contribution in [1.82, 2.24) is 4.90 Å². The van der Waals surface area contributed by atoms with E-state index in [0.717, 1.165) is 32.7 Å². The number of nitrogens with zero attached hydrogens (tertiary/aromatic N) is 1. The number of hydrogen-bond acceptors (Lipinski definition) is 3. The zero-order valence-corrected chi connectivity index (χ0v) is 5.99. The topological polar surface area (TPSA) is 36.0 Å². The molecular formula is C7H13NO2. The third-order valence-corrected chi connectivity index (χ3v) is 2.11. The third-order valence-electron chi connectivity index (χ3n) is 2.11. The molecule has 0 bridgehead atoms. The Morgan fingerprint density at radius 2 is 2.40 bits per heavy atom. The molecule has 2 atom stereocenters. The highest BCUT2D eigenvalue weighted by Gasteiger charge is 2.28. The number of β-amino-alcohol motifs (C(OH)–C–C–N with tert-alkyl or cyclic N) is 1. The molecule has 2 fully saturated rings. The fourth-order valence-corrected chi connectivity index (χ4v) is 1.44. The van der Waals surface area contributed by atoms with Crippen LogP contribution in [0.4, 0.5) is 0 Å². The van der Waals surface area contributed by atoms with E-state index in [2.05, 4.69) is 4.90 Å². The molecule has 0 aromatic rings. The van der Waals surface area contributed by atoms with Gasteiger partial charge in [0.2, 0.25) is 0 Å². The Kier molecular flexibility index (Phi) is 1.64. The van der Waals surface area contributed by atoms with E-state index < -0.39 is 0 Å². The largest absolute Gasteiger partial charge is 0.392 e. The van der Waals surface area contributed by atoms with E-state index in [1.807, 2.05) is 0 Å². The SMILES string of the molecule is OC1CCN(CC2CO2)C1. The van der Waals surface area contributed by atoms with Crippen LogP contribution in [0.3, 0.4) is 0 Å². The number of aliphatic hydroxyl groups excluding tert-OH is 1. The van der Waals surface area contributed by atoms with E-state index in [1.165, 1.54) is 0 Å². The molecule has 3 heteroatoms. The summed E-state index contributed by atoms with van der Waals surface area (Å²) in [6.45, 7) is 3.84. The molecular weight excluding hydrogens is 130 g/mol. The first-order valence-electron chi connectivity index (χ1n) is 3.86. The molecule has 2 aliphatic heterocycles. The molecule has 3 nitrogen and oxygen atoms in total. The van der Waals surface area contributed by atoms with Crippen molar-refractivity contribution in [2.24, 2.45) is 0 Å². The van der Waals surface area contributed by atoms with E-state index in [1.54, 1.807) is 0 Å². The molecule has 0 saturated carbocycles. The van der Waals surface area contributed by atoms with Gasteiger partial charge < -0.3 is 9.84 Å². The fourth-order valence-electron chi connectivity index (χ4n) is 1.44. The van der Waals surface area contributed by atoms with Gasteiger partial charge in [0.25, 0.3) is 0 Å². The molecule has 0 aromatic carbocycles. The Balaban J connectivity index is 1.72. The number of rotatable bonds is 2. The summed E-state index contributed by atoms with van der Waals surface area (Å²) in [6.07, 6.45) is 1.33. The minimum atomic E-state index is -0.0845. The number of hydrogen-bond donors (Lipinski definition) is 1. The molecule has 2 saturated heterocycles. The van der Waals surface area contributed by atoms with Gasteiger partial charge in [-0.15, -0.1) is 0 Å². The van der Waals surface area contributed by atoms with Crippen LogP contribution in [0.25, 0.3) is 0 Å². The standard InChI is InChI=1S/C7H13NO2/c9-6-1-2-8(3-6)4-7-5-10-7/h6-7,9H,1-5H2. The van der Waals surface area contributed by atoms with Crippen LogP contribution in [0.2, 0.25) is 0 Å². The van der Waals surface area contributed by atoms with Crippen LogP contribution in [0, 0.1) is 0 Å². The van der Waals surface area contributed by atoms with Crippen molar-refractivity contribution >= 4 is 0 Å². The second kappa shape index (κ2) is 2.49. The molecule has 2 aliphatic rings. The van der Waals surface area contributed by atoms with Crippen molar-refractivity contribution in [3.05, 3.63) is 0 Å². The Morgan fingerprint density at radius 1 is 1.60 bits per heavy atom. The van der Waals surface area contributed by atoms with Gasteiger partial charge in [0.15, 0.2) is 0 Å². The van der Waals surface area contributed by atoms with Crippen LogP contribution < -0.4 is 0 Å². The van der Waals surface area contributed by atoms with Gasteiger partial charge in [0, 0.05) is 19.6 Å². The maximum absolute atomic E-state index is 9.15. The minimum absolute atomic E-state index is 0.0845. The Morgan fingerprint density at radius 3 is 2.90 bits per heavy atom. The van der Waals surface area contributed by atoms with Crippen LogP contribution >= 0.6 is 0 Å². The quantitative estimate of drug-likeness (QED) is 0.527. The summed E-state index contributed by atoms with van der Waals surface area (Å²) in [5.74, 6) is 0. The summed E-state index contributed by atoms with van der Waals surface area (Å²) in [7, 11) is 0. The lowest BCUT2D eigenvalue weighted by Gasteiger charge is -2.11. The molecule has 2 heterocycles. The third kappa shape index (κ3) is 1.48. The number of likely N-dealkylation sites (tertiary alicyclic amines) is 1. The first kappa shape index (κ1) is 6.58. The smallest absolute Gasteiger partial charge is 0.0936 e. The van der Waals surface area contributed by atoms with Gasteiger partial charge in [-0.1, -0.05) is 0 Å². The zero-order valence-electron chi connectivity index (χ0n) is 5.99. The Hall–Kier alpha value is -0.120. The van der Waals surface area contributed by atoms with Gasteiger partial charge in [-0.2, -0.15) is 0 Å². The monoisotopic (exact) mass is 143 g/mol. The van der Waals surface area contributed by atoms with E-state index in [4.69, 9.17) is 9.84 Å². The maximum Gasteiger partial charge on any atom is 0.0936 e. The molecule has 0 aliphatic carbocycles.